The van der Waals surface area contributed by atoms with Gasteiger partial charge in [0, 0.05) is 19.7 Å². The topological polar surface area (TPSA) is 75.8 Å². The average Bonchev–Trinajstić information content (AvgIpc) is 3.14. The molecule has 2 atom stereocenters. The third kappa shape index (κ3) is 3.25. The molecule has 23 heavy (non-hydrogen) atoms. The number of aliphatic hydroxyl groups excluding tert-OH is 1. The molecule has 0 saturated carbocycles. The Bertz CT molecular complexity index is 703. The van der Waals surface area contributed by atoms with Crippen LogP contribution in [0.4, 0.5) is 4.39 Å². The molecule has 1 amide bonds. The van der Waals surface area contributed by atoms with Crippen molar-refractivity contribution < 1.29 is 23.6 Å². The van der Waals surface area contributed by atoms with Crippen molar-refractivity contribution in [2.45, 2.75) is 25.2 Å². The van der Waals surface area contributed by atoms with Crippen LogP contribution in [0.25, 0.3) is 0 Å². The molecule has 0 bridgehead atoms. The van der Waals surface area contributed by atoms with Crippen LogP contribution in [0.1, 0.15) is 34.3 Å². The number of amides is 1. The summed E-state index contributed by atoms with van der Waals surface area (Å²) in [4.78, 5) is 14.1. The summed E-state index contributed by atoms with van der Waals surface area (Å²) in [5.41, 5.74) is 0.795. The minimum Gasteiger partial charge on any atom is -0.391 e. The number of aliphatic hydroxyl groups is 1. The number of nitrogens with zero attached hydrogens (tertiary/aromatic N) is 2. The Hall–Kier alpha value is -2.25. The first-order chi connectivity index (χ1) is 11.1. The number of carbonyl (C=O) groups excluding carboxylic acids is 1. The minimum absolute atomic E-state index is 0.146. The summed E-state index contributed by atoms with van der Waals surface area (Å²) < 4.78 is 23.4. The van der Waals surface area contributed by atoms with Gasteiger partial charge < -0.3 is 19.3 Å². The van der Waals surface area contributed by atoms with E-state index in [0.29, 0.717) is 17.7 Å². The summed E-state index contributed by atoms with van der Waals surface area (Å²) >= 11 is 0. The van der Waals surface area contributed by atoms with Crippen LogP contribution >= 0.6 is 0 Å². The molecule has 122 valence electrons. The molecule has 2 aromatic rings. The lowest BCUT2D eigenvalue weighted by Gasteiger charge is -2.23. The highest BCUT2D eigenvalue weighted by Gasteiger charge is 2.37. The molecule has 6 nitrogen and oxygen atoms in total. The van der Waals surface area contributed by atoms with E-state index < -0.39 is 12.1 Å². The molecular formula is C16H17FN2O4. The highest BCUT2D eigenvalue weighted by atomic mass is 19.1. The van der Waals surface area contributed by atoms with Crippen LogP contribution < -0.4 is 0 Å². The minimum atomic E-state index is -0.655. The largest absolute Gasteiger partial charge is 0.391 e. The predicted molar refractivity (Wildman–Crippen MR) is 78.0 cm³/mol. The highest BCUT2D eigenvalue weighted by Crippen LogP contribution is 2.33. The lowest BCUT2D eigenvalue weighted by atomic mass is 10.0. The van der Waals surface area contributed by atoms with E-state index in [-0.39, 0.29) is 30.6 Å². The van der Waals surface area contributed by atoms with Crippen LogP contribution in [-0.2, 0) is 11.3 Å². The van der Waals surface area contributed by atoms with Crippen LogP contribution in [0.15, 0.2) is 34.9 Å². The third-order valence-corrected chi connectivity index (χ3v) is 3.84. The van der Waals surface area contributed by atoms with Gasteiger partial charge in [-0.15, -0.1) is 0 Å². The Balaban J connectivity index is 1.85. The smallest absolute Gasteiger partial charge is 0.276 e. The number of hydrogen-bond donors (Lipinski definition) is 1. The van der Waals surface area contributed by atoms with E-state index in [9.17, 15) is 14.3 Å². The van der Waals surface area contributed by atoms with Gasteiger partial charge in [0.05, 0.1) is 12.1 Å². The fraction of sp³-hybridized carbons (Fsp3) is 0.375. The molecule has 1 aliphatic rings. The van der Waals surface area contributed by atoms with Gasteiger partial charge in [0.15, 0.2) is 11.5 Å². The summed E-state index contributed by atoms with van der Waals surface area (Å²) in [6, 6.07) is 7.17. The van der Waals surface area contributed by atoms with Crippen molar-refractivity contribution in [3.05, 3.63) is 53.2 Å². The van der Waals surface area contributed by atoms with Crippen molar-refractivity contribution in [3.63, 3.8) is 0 Å². The summed E-state index contributed by atoms with van der Waals surface area (Å²) in [5, 5.41) is 13.7. The fourth-order valence-corrected chi connectivity index (χ4v) is 2.84. The van der Waals surface area contributed by atoms with Crippen molar-refractivity contribution in [2.24, 2.45) is 0 Å². The third-order valence-electron chi connectivity index (χ3n) is 3.84. The molecule has 1 aromatic carbocycles. The molecule has 1 N–H and O–H groups in total. The summed E-state index contributed by atoms with van der Waals surface area (Å²) in [6.07, 6.45) is -0.296. The predicted octanol–water partition coefficient (Wildman–Crippen LogP) is 1.91. The molecule has 1 saturated heterocycles. The van der Waals surface area contributed by atoms with Gasteiger partial charge in [-0.2, -0.15) is 0 Å². The molecule has 1 fully saturated rings. The number of methoxy groups -OCH3 is 1. The van der Waals surface area contributed by atoms with Crippen LogP contribution in [0.5, 0.6) is 0 Å². The van der Waals surface area contributed by atoms with Gasteiger partial charge in [0.25, 0.3) is 5.91 Å². The van der Waals surface area contributed by atoms with E-state index in [1.165, 1.54) is 30.2 Å². The van der Waals surface area contributed by atoms with Crippen molar-refractivity contribution in [3.8, 4) is 0 Å². The number of benzene rings is 1. The molecule has 7 heteroatoms. The molecule has 0 spiro atoms. The monoisotopic (exact) mass is 320 g/mol. The van der Waals surface area contributed by atoms with Crippen molar-refractivity contribution in [1.29, 1.82) is 0 Å². The molecular weight excluding hydrogens is 303 g/mol. The van der Waals surface area contributed by atoms with E-state index >= 15 is 0 Å². The van der Waals surface area contributed by atoms with Crippen LogP contribution in [-0.4, -0.2) is 40.8 Å². The van der Waals surface area contributed by atoms with Crippen LogP contribution in [0.3, 0.4) is 0 Å². The molecule has 3 rings (SSSR count). The Kier molecular flexibility index (Phi) is 4.40. The second kappa shape index (κ2) is 6.47. The van der Waals surface area contributed by atoms with E-state index in [0.717, 1.165) is 0 Å². The summed E-state index contributed by atoms with van der Waals surface area (Å²) in [6.45, 7) is 0.392. The van der Waals surface area contributed by atoms with Crippen molar-refractivity contribution in [2.75, 3.05) is 13.7 Å². The first-order valence-electron chi connectivity index (χ1n) is 7.27. The zero-order valence-electron chi connectivity index (χ0n) is 12.6. The second-order valence-corrected chi connectivity index (χ2v) is 5.53. The Labute approximate surface area is 132 Å². The van der Waals surface area contributed by atoms with E-state index in [1.54, 1.807) is 12.1 Å². The lowest BCUT2D eigenvalue weighted by molar-refractivity contribution is 0.0704. The van der Waals surface area contributed by atoms with Gasteiger partial charge in [-0.05, 0) is 24.1 Å². The second-order valence-electron chi connectivity index (χ2n) is 5.53. The van der Waals surface area contributed by atoms with Crippen LogP contribution in [0.2, 0.25) is 0 Å². The fourth-order valence-electron chi connectivity index (χ4n) is 2.84. The number of aromatic nitrogens is 1. The Morgan fingerprint density at radius 3 is 3.09 bits per heavy atom. The number of halogens is 1. The maximum Gasteiger partial charge on any atom is 0.276 e. The van der Waals surface area contributed by atoms with Gasteiger partial charge in [0.2, 0.25) is 0 Å². The van der Waals surface area contributed by atoms with Gasteiger partial charge >= 0.3 is 0 Å². The Morgan fingerprint density at radius 1 is 1.52 bits per heavy atom. The average molecular weight is 320 g/mol. The number of rotatable bonds is 4. The van der Waals surface area contributed by atoms with Gasteiger partial charge in [-0.3, -0.25) is 4.79 Å². The lowest BCUT2D eigenvalue weighted by Crippen LogP contribution is -2.32. The molecule has 0 unspecified atom stereocenters. The van der Waals surface area contributed by atoms with Crippen molar-refractivity contribution in [1.82, 2.24) is 10.1 Å². The summed E-state index contributed by atoms with van der Waals surface area (Å²) in [5.74, 6) is -0.292. The zero-order chi connectivity index (χ0) is 16.4. The number of likely N-dealkylation sites (tertiary alicyclic amines) is 1. The first kappa shape index (κ1) is 15.6. The molecule has 1 aliphatic heterocycles. The molecule has 0 aliphatic carbocycles. The normalized spacial score (nSPS) is 20.9. The number of ether oxygens (including phenoxy) is 1. The van der Waals surface area contributed by atoms with Gasteiger partial charge in [-0.25, -0.2) is 4.39 Å². The van der Waals surface area contributed by atoms with E-state index in [1.807, 2.05) is 0 Å². The first-order valence-corrected chi connectivity index (χ1v) is 7.27. The number of hydrogen-bond acceptors (Lipinski definition) is 5. The maximum absolute atomic E-state index is 13.4. The Morgan fingerprint density at radius 2 is 2.35 bits per heavy atom. The van der Waals surface area contributed by atoms with Crippen LogP contribution in [0, 0.1) is 5.82 Å². The molecule has 2 heterocycles. The SMILES string of the molecule is COCc1cc(C(=O)N2C[C@H](O)C[C@@H]2c2cccc(F)c2)no1. The standard InChI is InChI=1S/C16H17FN2O4/c1-22-9-13-7-14(18-23-13)16(21)19-8-12(20)6-15(19)10-3-2-4-11(17)5-10/h2-5,7,12,15,20H,6,8-9H2,1H3/t12-,15-/m1/s1. The van der Waals surface area contributed by atoms with Gasteiger partial charge in [0.1, 0.15) is 12.4 Å². The van der Waals surface area contributed by atoms with Crippen molar-refractivity contribution >= 4 is 5.91 Å². The van der Waals surface area contributed by atoms with E-state index in [2.05, 4.69) is 5.16 Å². The quantitative estimate of drug-likeness (QED) is 0.931. The van der Waals surface area contributed by atoms with E-state index in [4.69, 9.17) is 9.26 Å². The zero-order valence-corrected chi connectivity index (χ0v) is 12.6. The highest BCUT2D eigenvalue weighted by molar-refractivity contribution is 5.92. The summed E-state index contributed by atoms with van der Waals surface area (Å²) in [7, 11) is 1.51. The number of carbonyl (C=O) groups is 1. The molecule has 1 aromatic heterocycles. The maximum atomic E-state index is 13.4. The molecule has 0 radical (unpaired) electrons. The number of β-amino-alcohol motifs (C(OH)–C–C–N with tert-alkyl or cyclic N) is 1. The van der Waals surface area contributed by atoms with Gasteiger partial charge in [-0.1, -0.05) is 17.3 Å².